The molecule has 0 aliphatic carbocycles. The SMILES string of the molecule is CC(CNC(=O)C(N)c1cccs1)c1ccccc1. The lowest BCUT2D eigenvalue weighted by Gasteiger charge is -2.15. The molecule has 0 saturated heterocycles. The van der Waals surface area contributed by atoms with E-state index in [2.05, 4.69) is 24.4 Å². The second kappa shape index (κ2) is 6.50. The van der Waals surface area contributed by atoms with E-state index in [9.17, 15) is 4.79 Å². The zero-order valence-electron chi connectivity index (χ0n) is 10.9. The van der Waals surface area contributed by atoms with E-state index < -0.39 is 6.04 Å². The highest BCUT2D eigenvalue weighted by molar-refractivity contribution is 7.10. The van der Waals surface area contributed by atoms with Crippen LogP contribution in [0.15, 0.2) is 47.8 Å². The molecule has 3 nitrogen and oxygen atoms in total. The number of nitrogens with one attached hydrogen (secondary N) is 1. The van der Waals surface area contributed by atoms with Crippen LogP contribution in [-0.4, -0.2) is 12.5 Å². The molecule has 0 aliphatic heterocycles. The highest BCUT2D eigenvalue weighted by atomic mass is 32.1. The summed E-state index contributed by atoms with van der Waals surface area (Å²) in [6.45, 7) is 2.69. The molecular weight excluding hydrogens is 256 g/mol. The van der Waals surface area contributed by atoms with Crippen LogP contribution in [0.3, 0.4) is 0 Å². The van der Waals surface area contributed by atoms with Gasteiger partial charge in [-0.05, 0) is 22.9 Å². The Balaban J connectivity index is 1.87. The van der Waals surface area contributed by atoms with Crippen molar-refractivity contribution >= 4 is 17.2 Å². The lowest BCUT2D eigenvalue weighted by atomic mass is 10.0. The summed E-state index contributed by atoms with van der Waals surface area (Å²) in [4.78, 5) is 12.8. The molecule has 19 heavy (non-hydrogen) atoms. The topological polar surface area (TPSA) is 55.1 Å². The van der Waals surface area contributed by atoms with Gasteiger partial charge in [0, 0.05) is 11.4 Å². The monoisotopic (exact) mass is 274 g/mol. The van der Waals surface area contributed by atoms with Crippen LogP contribution in [0.1, 0.15) is 29.3 Å². The second-order valence-corrected chi connectivity index (χ2v) is 5.53. The summed E-state index contributed by atoms with van der Waals surface area (Å²) in [6.07, 6.45) is 0. The van der Waals surface area contributed by atoms with Gasteiger partial charge < -0.3 is 11.1 Å². The third kappa shape index (κ3) is 3.66. The normalized spacial score (nSPS) is 13.8. The first-order valence-electron chi connectivity index (χ1n) is 6.30. The zero-order chi connectivity index (χ0) is 13.7. The Hall–Kier alpha value is -1.65. The molecule has 0 saturated carbocycles. The zero-order valence-corrected chi connectivity index (χ0v) is 11.7. The Morgan fingerprint density at radius 3 is 2.63 bits per heavy atom. The van der Waals surface area contributed by atoms with Gasteiger partial charge in [-0.2, -0.15) is 0 Å². The number of nitrogens with two attached hydrogens (primary N) is 1. The molecule has 0 spiro atoms. The summed E-state index contributed by atoms with van der Waals surface area (Å²) in [5.41, 5.74) is 7.12. The molecule has 2 rings (SSSR count). The van der Waals surface area contributed by atoms with E-state index in [0.29, 0.717) is 6.54 Å². The van der Waals surface area contributed by atoms with Gasteiger partial charge in [-0.15, -0.1) is 11.3 Å². The molecule has 0 bridgehead atoms. The van der Waals surface area contributed by atoms with E-state index in [1.807, 2.05) is 35.7 Å². The number of hydrogen-bond donors (Lipinski definition) is 2. The maximum absolute atomic E-state index is 11.9. The molecule has 0 radical (unpaired) electrons. The maximum Gasteiger partial charge on any atom is 0.242 e. The van der Waals surface area contributed by atoms with Crippen LogP contribution in [0.2, 0.25) is 0 Å². The number of hydrogen-bond acceptors (Lipinski definition) is 3. The number of carbonyl (C=O) groups excluding carboxylic acids is 1. The predicted octanol–water partition coefficient (Wildman–Crippen LogP) is 2.67. The van der Waals surface area contributed by atoms with Crippen molar-refractivity contribution in [1.29, 1.82) is 0 Å². The minimum Gasteiger partial charge on any atom is -0.354 e. The molecule has 1 heterocycles. The summed E-state index contributed by atoms with van der Waals surface area (Å²) in [5.74, 6) is 0.158. The van der Waals surface area contributed by atoms with Crippen molar-refractivity contribution in [2.45, 2.75) is 18.9 Å². The quantitative estimate of drug-likeness (QED) is 0.880. The van der Waals surface area contributed by atoms with Gasteiger partial charge in [-0.1, -0.05) is 43.3 Å². The first kappa shape index (κ1) is 13.8. The summed E-state index contributed by atoms with van der Waals surface area (Å²) < 4.78 is 0. The van der Waals surface area contributed by atoms with Crippen molar-refractivity contribution in [3.63, 3.8) is 0 Å². The summed E-state index contributed by atoms with van der Waals surface area (Å²) in [5, 5.41) is 4.84. The highest BCUT2D eigenvalue weighted by Gasteiger charge is 2.17. The molecule has 1 aromatic carbocycles. The van der Waals surface area contributed by atoms with Gasteiger partial charge in [-0.3, -0.25) is 4.79 Å². The second-order valence-electron chi connectivity index (χ2n) is 4.55. The van der Waals surface area contributed by atoms with E-state index >= 15 is 0 Å². The van der Waals surface area contributed by atoms with Crippen LogP contribution in [-0.2, 0) is 4.79 Å². The lowest BCUT2D eigenvalue weighted by Crippen LogP contribution is -2.35. The fourth-order valence-electron chi connectivity index (χ4n) is 1.86. The van der Waals surface area contributed by atoms with Gasteiger partial charge in [-0.25, -0.2) is 0 Å². The molecular formula is C15H18N2OS. The fraction of sp³-hybridized carbons (Fsp3) is 0.267. The van der Waals surface area contributed by atoms with Crippen LogP contribution in [0.5, 0.6) is 0 Å². The van der Waals surface area contributed by atoms with Crippen LogP contribution in [0.4, 0.5) is 0 Å². The molecule has 2 unspecified atom stereocenters. The average molecular weight is 274 g/mol. The van der Waals surface area contributed by atoms with Gasteiger partial charge in [0.05, 0.1) is 0 Å². The first-order chi connectivity index (χ1) is 9.18. The van der Waals surface area contributed by atoms with E-state index in [1.54, 1.807) is 0 Å². The summed E-state index contributed by atoms with van der Waals surface area (Å²) in [6, 6.07) is 13.3. The molecule has 3 N–H and O–H groups in total. The Morgan fingerprint density at radius 1 is 1.26 bits per heavy atom. The molecule has 2 atom stereocenters. The molecule has 1 aromatic heterocycles. The number of thiophene rings is 1. The fourth-order valence-corrected chi connectivity index (χ4v) is 2.59. The third-order valence-corrected chi connectivity index (χ3v) is 4.04. The largest absolute Gasteiger partial charge is 0.354 e. The highest BCUT2D eigenvalue weighted by Crippen LogP contribution is 2.17. The molecule has 1 amide bonds. The molecule has 100 valence electrons. The van der Waals surface area contributed by atoms with E-state index in [1.165, 1.54) is 16.9 Å². The van der Waals surface area contributed by atoms with Gasteiger partial charge >= 0.3 is 0 Å². The van der Waals surface area contributed by atoms with E-state index in [-0.39, 0.29) is 11.8 Å². The summed E-state index contributed by atoms with van der Waals surface area (Å²) >= 11 is 1.50. The van der Waals surface area contributed by atoms with E-state index in [0.717, 1.165) is 4.88 Å². The van der Waals surface area contributed by atoms with Crippen molar-refractivity contribution in [3.8, 4) is 0 Å². The van der Waals surface area contributed by atoms with Crippen LogP contribution >= 0.6 is 11.3 Å². The Bertz CT molecular complexity index is 510. The Labute approximate surface area is 117 Å². The van der Waals surface area contributed by atoms with Gasteiger partial charge in [0.2, 0.25) is 5.91 Å². The average Bonchev–Trinajstić information content (AvgIpc) is 2.98. The molecule has 2 aromatic rings. The molecule has 0 aliphatic rings. The predicted molar refractivity (Wildman–Crippen MR) is 79.1 cm³/mol. The van der Waals surface area contributed by atoms with Crippen LogP contribution in [0.25, 0.3) is 0 Å². The third-order valence-electron chi connectivity index (χ3n) is 3.08. The maximum atomic E-state index is 11.9. The first-order valence-corrected chi connectivity index (χ1v) is 7.18. The van der Waals surface area contributed by atoms with Crippen molar-refractivity contribution in [3.05, 3.63) is 58.3 Å². The van der Waals surface area contributed by atoms with Crippen molar-refractivity contribution < 1.29 is 4.79 Å². The minimum absolute atomic E-state index is 0.120. The number of rotatable bonds is 5. The number of carbonyl (C=O) groups is 1. The number of amides is 1. The molecule has 0 fully saturated rings. The van der Waals surface area contributed by atoms with Gasteiger partial charge in [0.1, 0.15) is 6.04 Å². The Kier molecular flexibility index (Phi) is 4.71. The van der Waals surface area contributed by atoms with E-state index in [4.69, 9.17) is 5.73 Å². The van der Waals surface area contributed by atoms with Crippen LogP contribution in [0, 0.1) is 0 Å². The number of benzene rings is 1. The smallest absolute Gasteiger partial charge is 0.242 e. The van der Waals surface area contributed by atoms with Gasteiger partial charge in [0.15, 0.2) is 0 Å². The van der Waals surface area contributed by atoms with Crippen molar-refractivity contribution in [2.24, 2.45) is 5.73 Å². The Morgan fingerprint density at radius 2 is 2.00 bits per heavy atom. The van der Waals surface area contributed by atoms with Crippen molar-refractivity contribution in [2.75, 3.05) is 6.54 Å². The minimum atomic E-state index is -0.567. The van der Waals surface area contributed by atoms with Gasteiger partial charge in [0.25, 0.3) is 0 Å². The van der Waals surface area contributed by atoms with Crippen molar-refractivity contribution in [1.82, 2.24) is 5.32 Å². The summed E-state index contributed by atoms with van der Waals surface area (Å²) in [7, 11) is 0. The van der Waals surface area contributed by atoms with Crippen LogP contribution < -0.4 is 11.1 Å². The lowest BCUT2D eigenvalue weighted by molar-refractivity contribution is -0.122. The standard InChI is InChI=1S/C15H18N2OS/c1-11(12-6-3-2-4-7-12)10-17-15(18)14(16)13-8-5-9-19-13/h2-9,11,14H,10,16H2,1H3,(H,17,18). The molecule has 4 heteroatoms.